The SMILES string of the molecule is COc1ccc(N)cc1S(=O)(=O)NCc1ccccn1. The Kier molecular flexibility index (Phi) is 4.21. The van der Waals surface area contributed by atoms with E-state index in [1.807, 2.05) is 0 Å². The predicted molar refractivity (Wildman–Crippen MR) is 75.7 cm³/mol. The number of nitrogens with zero attached hydrogens (tertiary/aromatic N) is 1. The number of nitrogens with two attached hydrogens (primary N) is 1. The number of benzene rings is 1. The summed E-state index contributed by atoms with van der Waals surface area (Å²) in [7, 11) is -2.31. The maximum absolute atomic E-state index is 12.3. The minimum Gasteiger partial charge on any atom is -0.495 e. The molecule has 0 spiro atoms. The fourth-order valence-electron chi connectivity index (χ4n) is 1.65. The summed E-state index contributed by atoms with van der Waals surface area (Å²) >= 11 is 0. The minimum atomic E-state index is -3.72. The number of methoxy groups -OCH3 is 1. The Hall–Kier alpha value is -2.12. The molecular weight excluding hydrogens is 278 g/mol. The summed E-state index contributed by atoms with van der Waals surface area (Å²) in [5.41, 5.74) is 6.60. The van der Waals surface area contributed by atoms with Crippen LogP contribution in [0.3, 0.4) is 0 Å². The lowest BCUT2D eigenvalue weighted by molar-refractivity contribution is 0.402. The number of anilines is 1. The molecule has 0 bridgehead atoms. The van der Waals surface area contributed by atoms with Crippen molar-refractivity contribution in [1.82, 2.24) is 9.71 Å². The molecule has 0 aliphatic carbocycles. The van der Waals surface area contributed by atoms with Gasteiger partial charge >= 0.3 is 0 Å². The highest BCUT2D eigenvalue weighted by Gasteiger charge is 2.19. The van der Waals surface area contributed by atoms with E-state index in [0.29, 0.717) is 11.4 Å². The van der Waals surface area contributed by atoms with Crippen LogP contribution >= 0.6 is 0 Å². The summed E-state index contributed by atoms with van der Waals surface area (Å²) < 4.78 is 32.0. The number of nitrogens with one attached hydrogen (secondary N) is 1. The fourth-order valence-corrected chi connectivity index (χ4v) is 2.85. The zero-order valence-electron chi connectivity index (χ0n) is 10.9. The molecular formula is C13H15N3O3S. The molecule has 1 aromatic heterocycles. The lowest BCUT2D eigenvalue weighted by Crippen LogP contribution is -2.24. The van der Waals surface area contributed by atoms with Crippen molar-refractivity contribution >= 4 is 15.7 Å². The highest BCUT2D eigenvalue weighted by Crippen LogP contribution is 2.25. The normalized spacial score (nSPS) is 11.2. The van der Waals surface area contributed by atoms with Crippen LogP contribution in [0.5, 0.6) is 5.75 Å². The van der Waals surface area contributed by atoms with Gasteiger partial charge in [0.05, 0.1) is 19.3 Å². The molecule has 0 radical (unpaired) electrons. The molecule has 0 atom stereocenters. The molecule has 6 nitrogen and oxygen atoms in total. The zero-order chi connectivity index (χ0) is 14.6. The second-order valence-corrected chi connectivity index (χ2v) is 5.79. The highest BCUT2D eigenvalue weighted by atomic mass is 32.2. The van der Waals surface area contributed by atoms with Gasteiger partial charge in [0.2, 0.25) is 10.0 Å². The molecule has 0 aliphatic heterocycles. The van der Waals surface area contributed by atoms with E-state index >= 15 is 0 Å². The second kappa shape index (κ2) is 5.89. The van der Waals surface area contributed by atoms with Gasteiger partial charge in [-0.05, 0) is 30.3 Å². The van der Waals surface area contributed by atoms with E-state index < -0.39 is 10.0 Å². The van der Waals surface area contributed by atoms with Gasteiger partial charge in [-0.1, -0.05) is 6.07 Å². The molecule has 106 valence electrons. The molecule has 1 aromatic carbocycles. The maximum atomic E-state index is 12.3. The molecule has 2 rings (SSSR count). The Morgan fingerprint density at radius 1 is 1.30 bits per heavy atom. The first kappa shape index (κ1) is 14.3. The summed E-state index contributed by atoms with van der Waals surface area (Å²) in [4.78, 5) is 4.06. The summed E-state index contributed by atoms with van der Waals surface area (Å²) in [5.74, 6) is 0.243. The van der Waals surface area contributed by atoms with Crippen LogP contribution in [0.25, 0.3) is 0 Å². The predicted octanol–water partition coefficient (Wildman–Crippen LogP) is 1.15. The smallest absolute Gasteiger partial charge is 0.244 e. The average Bonchev–Trinajstić information content (AvgIpc) is 2.46. The van der Waals surface area contributed by atoms with Crippen LogP contribution in [0, 0.1) is 0 Å². The maximum Gasteiger partial charge on any atom is 0.244 e. The first-order valence-electron chi connectivity index (χ1n) is 5.86. The lowest BCUT2D eigenvalue weighted by atomic mass is 10.3. The van der Waals surface area contributed by atoms with Crippen molar-refractivity contribution in [3.05, 3.63) is 48.3 Å². The van der Waals surface area contributed by atoms with Crippen molar-refractivity contribution in [2.24, 2.45) is 0 Å². The van der Waals surface area contributed by atoms with E-state index in [1.54, 1.807) is 30.5 Å². The van der Waals surface area contributed by atoms with Crippen LogP contribution < -0.4 is 15.2 Å². The molecule has 7 heteroatoms. The third-order valence-corrected chi connectivity index (χ3v) is 4.07. The monoisotopic (exact) mass is 293 g/mol. The summed E-state index contributed by atoms with van der Waals surface area (Å²) in [5, 5.41) is 0. The Bertz CT molecular complexity index is 687. The quantitative estimate of drug-likeness (QED) is 0.806. The molecule has 0 fully saturated rings. The Morgan fingerprint density at radius 3 is 2.75 bits per heavy atom. The lowest BCUT2D eigenvalue weighted by Gasteiger charge is -2.11. The van der Waals surface area contributed by atoms with Gasteiger partial charge in [-0.2, -0.15) is 0 Å². The van der Waals surface area contributed by atoms with E-state index in [0.717, 1.165) is 0 Å². The zero-order valence-corrected chi connectivity index (χ0v) is 11.7. The summed E-state index contributed by atoms with van der Waals surface area (Å²) in [6.45, 7) is 0.0983. The van der Waals surface area contributed by atoms with Gasteiger partial charge in [0.15, 0.2) is 0 Å². The van der Waals surface area contributed by atoms with E-state index in [9.17, 15) is 8.42 Å². The third kappa shape index (κ3) is 3.25. The number of rotatable bonds is 5. The van der Waals surface area contributed by atoms with Gasteiger partial charge in [0.1, 0.15) is 10.6 Å². The first-order chi connectivity index (χ1) is 9.53. The van der Waals surface area contributed by atoms with E-state index in [4.69, 9.17) is 10.5 Å². The molecule has 0 saturated carbocycles. The van der Waals surface area contributed by atoms with Crippen molar-refractivity contribution in [3.63, 3.8) is 0 Å². The van der Waals surface area contributed by atoms with Crippen molar-refractivity contribution in [2.45, 2.75) is 11.4 Å². The van der Waals surface area contributed by atoms with Crippen molar-refractivity contribution in [1.29, 1.82) is 0 Å². The number of sulfonamides is 1. The highest BCUT2D eigenvalue weighted by molar-refractivity contribution is 7.89. The van der Waals surface area contributed by atoms with Crippen LogP contribution in [-0.4, -0.2) is 20.5 Å². The van der Waals surface area contributed by atoms with Gasteiger partial charge in [-0.15, -0.1) is 0 Å². The Morgan fingerprint density at radius 2 is 2.10 bits per heavy atom. The Labute approximate surface area is 117 Å². The first-order valence-corrected chi connectivity index (χ1v) is 7.34. The van der Waals surface area contributed by atoms with E-state index in [1.165, 1.54) is 19.2 Å². The van der Waals surface area contributed by atoms with Gasteiger partial charge in [0, 0.05) is 11.9 Å². The molecule has 3 N–H and O–H groups in total. The molecule has 0 saturated heterocycles. The van der Waals surface area contributed by atoms with Crippen LogP contribution in [-0.2, 0) is 16.6 Å². The van der Waals surface area contributed by atoms with Gasteiger partial charge in [-0.25, -0.2) is 13.1 Å². The molecule has 2 aromatic rings. The van der Waals surface area contributed by atoms with E-state index in [2.05, 4.69) is 9.71 Å². The van der Waals surface area contributed by atoms with Gasteiger partial charge < -0.3 is 10.5 Å². The van der Waals surface area contributed by atoms with Crippen LogP contribution in [0.15, 0.2) is 47.5 Å². The fraction of sp³-hybridized carbons (Fsp3) is 0.154. The summed E-state index contributed by atoms with van der Waals surface area (Å²) in [6.07, 6.45) is 1.60. The molecule has 0 aliphatic rings. The number of ether oxygens (including phenoxy) is 1. The summed E-state index contributed by atoms with van der Waals surface area (Å²) in [6, 6.07) is 9.75. The molecule has 0 unspecified atom stereocenters. The average molecular weight is 293 g/mol. The number of nitrogen functional groups attached to an aromatic ring is 1. The van der Waals surface area contributed by atoms with E-state index in [-0.39, 0.29) is 17.2 Å². The van der Waals surface area contributed by atoms with Crippen LogP contribution in [0.4, 0.5) is 5.69 Å². The number of pyridine rings is 1. The van der Waals surface area contributed by atoms with Crippen molar-refractivity contribution in [2.75, 3.05) is 12.8 Å². The number of aromatic nitrogens is 1. The third-order valence-electron chi connectivity index (χ3n) is 2.65. The van der Waals surface area contributed by atoms with Crippen molar-refractivity contribution in [3.8, 4) is 5.75 Å². The van der Waals surface area contributed by atoms with Crippen LogP contribution in [0.1, 0.15) is 5.69 Å². The largest absolute Gasteiger partial charge is 0.495 e. The topological polar surface area (TPSA) is 94.3 Å². The second-order valence-electron chi connectivity index (χ2n) is 4.06. The molecule has 0 amide bonds. The Balaban J connectivity index is 2.24. The minimum absolute atomic E-state index is 0.0101. The van der Waals surface area contributed by atoms with Crippen molar-refractivity contribution < 1.29 is 13.2 Å². The van der Waals surface area contributed by atoms with Gasteiger partial charge in [0.25, 0.3) is 0 Å². The van der Waals surface area contributed by atoms with Crippen LogP contribution in [0.2, 0.25) is 0 Å². The number of hydrogen-bond donors (Lipinski definition) is 2. The standard InChI is InChI=1S/C13H15N3O3S/c1-19-12-6-5-10(14)8-13(12)20(17,18)16-9-11-4-2-3-7-15-11/h2-8,16H,9,14H2,1H3. The number of hydrogen-bond acceptors (Lipinski definition) is 5. The molecule has 1 heterocycles. The molecule has 20 heavy (non-hydrogen) atoms. The van der Waals surface area contributed by atoms with Gasteiger partial charge in [-0.3, -0.25) is 4.98 Å².